The van der Waals surface area contributed by atoms with E-state index in [1.807, 2.05) is 38.7 Å². The summed E-state index contributed by atoms with van der Waals surface area (Å²) in [5, 5.41) is 14.5. The van der Waals surface area contributed by atoms with Gasteiger partial charge in [0.15, 0.2) is 0 Å². The standard InChI is InChI=1S/C39H43N7O6/c1-19(2)33(44-38(48)51-5)37(47)45-20(3)6-13-31(45)36-41-28-11-9-22-15-27-25-10-8-23(14-24(25)18-52-32(27)16-26(22)34(28)43-36)29-17-40-35(42-29)30-12-7-21(4)46(30)39(49)50/h8-11,14-17,19-21,30-31,33H,6-7,12-13,18H2,1-5H3,(H,40,42)(H,41,43)(H,44,48)(H,49,50)/t20?,21?,30-,31-,33-/m0/s1. The van der Waals surface area contributed by atoms with E-state index in [0.29, 0.717) is 12.4 Å². The summed E-state index contributed by atoms with van der Waals surface area (Å²) in [7, 11) is 1.29. The minimum absolute atomic E-state index is 0.0158. The second-order valence-corrected chi connectivity index (χ2v) is 14.7. The Morgan fingerprint density at radius 1 is 0.942 bits per heavy atom. The first-order valence-corrected chi connectivity index (χ1v) is 18.0. The average Bonchev–Trinajstić information content (AvgIpc) is 3.94. The van der Waals surface area contributed by atoms with Crippen LogP contribution in [0, 0.1) is 5.92 Å². The van der Waals surface area contributed by atoms with Crippen LogP contribution in [0.4, 0.5) is 9.59 Å². The SMILES string of the molecule is COC(=O)N[C@H](C(=O)N1C(C)CC[C@H]1c1nc2ccc3cc4c(cc3c2[nH]1)OCc1cc(-c2cnc([C@@H]3CCC(C)N3C(=O)O)[nH]2)ccc1-4)C(C)C. The summed E-state index contributed by atoms with van der Waals surface area (Å²) >= 11 is 0. The Kier molecular flexibility index (Phi) is 8.31. The number of nitrogens with one attached hydrogen (secondary N) is 3. The number of nitrogens with zero attached hydrogens (tertiary/aromatic N) is 4. The van der Waals surface area contributed by atoms with E-state index in [0.717, 1.165) is 87.0 Å². The molecule has 5 atom stereocenters. The van der Waals surface area contributed by atoms with Gasteiger partial charge < -0.3 is 34.8 Å². The molecule has 8 rings (SSSR count). The van der Waals surface area contributed by atoms with Crippen molar-refractivity contribution in [1.29, 1.82) is 0 Å². The van der Waals surface area contributed by atoms with E-state index in [1.165, 1.54) is 12.0 Å². The summed E-state index contributed by atoms with van der Waals surface area (Å²) in [6.45, 7) is 8.18. The first-order valence-electron chi connectivity index (χ1n) is 18.0. The van der Waals surface area contributed by atoms with Gasteiger partial charge in [0, 0.05) is 23.0 Å². The second kappa shape index (κ2) is 12.9. The smallest absolute Gasteiger partial charge is 0.408 e. The van der Waals surface area contributed by atoms with Crippen LogP contribution in [0.5, 0.6) is 5.75 Å². The van der Waals surface area contributed by atoms with Crippen LogP contribution < -0.4 is 10.1 Å². The molecule has 2 saturated heterocycles. The Labute approximate surface area is 300 Å². The number of hydrogen-bond donors (Lipinski definition) is 4. The second-order valence-electron chi connectivity index (χ2n) is 14.7. The van der Waals surface area contributed by atoms with Crippen molar-refractivity contribution in [2.75, 3.05) is 7.11 Å². The van der Waals surface area contributed by atoms with Gasteiger partial charge in [-0.25, -0.2) is 19.6 Å². The number of likely N-dealkylation sites (tertiary alicyclic amines) is 2. The minimum atomic E-state index is -0.924. The summed E-state index contributed by atoms with van der Waals surface area (Å²) in [4.78, 5) is 57.7. The van der Waals surface area contributed by atoms with E-state index in [-0.39, 0.29) is 36.0 Å². The number of H-pyrrole nitrogens is 2. The molecule has 2 fully saturated rings. The monoisotopic (exact) mass is 705 g/mol. The van der Waals surface area contributed by atoms with Crippen LogP contribution in [0.1, 0.15) is 82.7 Å². The van der Waals surface area contributed by atoms with Crippen molar-refractivity contribution in [3.8, 4) is 28.1 Å². The number of hydrogen-bond acceptors (Lipinski definition) is 7. The third-order valence-corrected chi connectivity index (χ3v) is 11.1. The molecule has 3 amide bonds. The van der Waals surface area contributed by atoms with Gasteiger partial charge in [-0.3, -0.25) is 9.69 Å². The van der Waals surface area contributed by atoms with Crippen LogP contribution in [0.15, 0.2) is 48.7 Å². The molecule has 270 valence electrons. The van der Waals surface area contributed by atoms with Crippen LogP contribution in [0.3, 0.4) is 0 Å². The van der Waals surface area contributed by atoms with Crippen molar-refractivity contribution in [2.45, 2.75) is 90.2 Å². The molecule has 2 unspecified atom stereocenters. The highest BCUT2D eigenvalue weighted by molar-refractivity contribution is 6.07. The molecule has 3 aliphatic rings. The molecule has 3 aromatic carbocycles. The highest BCUT2D eigenvalue weighted by Crippen LogP contribution is 2.44. The van der Waals surface area contributed by atoms with E-state index >= 15 is 0 Å². The van der Waals surface area contributed by atoms with Crippen LogP contribution in [0.25, 0.3) is 44.2 Å². The highest BCUT2D eigenvalue weighted by atomic mass is 16.5. The molecule has 5 aromatic rings. The van der Waals surface area contributed by atoms with Crippen molar-refractivity contribution in [2.24, 2.45) is 5.92 Å². The molecule has 4 N–H and O–H groups in total. The number of carbonyl (C=O) groups is 3. The van der Waals surface area contributed by atoms with Crippen LogP contribution in [0.2, 0.25) is 0 Å². The summed E-state index contributed by atoms with van der Waals surface area (Å²) in [5.41, 5.74) is 6.62. The zero-order valence-corrected chi connectivity index (χ0v) is 29.9. The number of benzene rings is 3. The van der Waals surface area contributed by atoms with E-state index in [9.17, 15) is 19.5 Å². The van der Waals surface area contributed by atoms with Crippen LogP contribution in [-0.2, 0) is 16.1 Å². The Morgan fingerprint density at radius 3 is 2.42 bits per heavy atom. The number of carboxylic acid groups (broad SMARTS) is 1. The lowest BCUT2D eigenvalue weighted by Crippen LogP contribution is -2.52. The molecule has 2 aromatic heterocycles. The first-order chi connectivity index (χ1) is 25.0. The van der Waals surface area contributed by atoms with E-state index < -0.39 is 18.2 Å². The summed E-state index contributed by atoms with van der Waals surface area (Å²) in [6, 6.07) is 13.3. The van der Waals surface area contributed by atoms with E-state index in [2.05, 4.69) is 56.7 Å². The Balaban J connectivity index is 1.08. The average molecular weight is 706 g/mol. The van der Waals surface area contributed by atoms with E-state index in [1.54, 1.807) is 6.20 Å². The van der Waals surface area contributed by atoms with Gasteiger partial charge >= 0.3 is 12.2 Å². The van der Waals surface area contributed by atoms with Gasteiger partial charge in [-0.2, -0.15) is 0 Å². The molecule has 13 nitrogen and oxygen atoms in total. The quantitative estimate of drug-likeness (QED) is 0.143. The van der Waals surface area contributed by atoms with Crippen LogP contribution in [-0.4, -0.2) is 78.2 Å². The summed E-state index contributed by atoms with van der Waals surface area (Å²) in [5.74, 6) is 1.89. The third kappa shape index (κ3) is 5.59. The number of alkyl carbamates (subject to hydrolysis) is 1. The number of aromatic amines is 2. The van der Waals surface area contributed by atoms with Gasteiger partial charge in [-0.1, -0.05) is 32.0 Å². The number of carbonyl (C=O) groups excluding carboxylic acids is 2. The lowest BCUT2D eigenvalue weighted by atomic mass is 9.92. The topological polar surface area (TPSA) is 166 Å². The maximum Gasteiger partial charge on any atom is 0.408 e. The number of ether oxygens (including phenoxy) is 2. The lowest BCUT2D eigenvalue weighted by Gasteiger charge is -2.32. The molecule has 5 heterocycles. The molecule has 0 spiro atoms. The van der Waals surface area contributed by atoms with Gasteiger partial charge in [0.1, 0.15) is 30.0 Å². The zero-order chi connectivity index (χ0) is 36.4. The van der Waals surface area contributed by atoms with Gasteiger partial charge in [0.05, 0.1) is 42.1 Å². The fourth-order valence-electron chi connectivity index (χ4n) is 8.35. The Bertz CT molecular complexity index is 2230. The Hall–Kier alpha value is -5.59. The molecule has 13 heteroatoms. The third-order valence-electron chi connectivity index (χ3n) is 11.1. The van der Waals surface area contributed by atoms with Crippen molar-refractivity contribution in [3.63, 3.8) is 0 Å². The molecule has 52 heavy (non-hydrogen) atoms. The summed E-state index contributed by atoms with van der Waals surface area (Å²) in [6.07, 6.45) is 3.35. The predicted octanol–water partition coefficient (Wildman–Crippen LogP) is 7.30. The zero-order valence-electron chi connectivity index (χ0n) is 29.9. The number of fused-ring (bicyclic) bond motifs is 6. The minimum Gasteiger partial charge on any atom is -0.488 e. The molecule has 0 bridgehead atoms. The Morgan fingerprint density at radius 2 is 1.69 bits per heavy atom. The van der Waals surface area contributed by atoms with Gasteiger partial charge in [-0.15, -0.1) is 0 Å². The lowest BCUT2D eigenvalue weighted by molar-refractivity contribution is -0.137. The maximum atomic E-state index is 13.9. The number of aromatic nitrogens is 4. The molecule has 0 radical (unpaired) electrons. The van der Waals surface area contributed by atoms with Gasteiger partial charge in [0.2, 0.25) is 5.91 Å². The molecular weight excluding hydrogens is 662 g/mol. The fourth-order valence-corrected chi connectivity index (χ4v) is 8.35. The highest BCUT2D eigenvalue weighted by Gasteiger charge is 2.41. The normalized spacial score (nSPS) is 21.7. The van der Waals surface area contributed by atoms with Crippen molar-refractivity contribution in [1.82, 2.24) is 35.1 Å². The first kappa shape index (κ1) is 33.5. The number of methoxy groups -OCH3 is 1. The molecule has 3 aliphatic heterocycles. The van der Waals surface area contributed by atoms with Crippen molar-refractivity contribution in [3.05, 3.63) is 65.9 Å². The van der Waals surface area contributed by atoms with Crippen LogP contribution >= 0.6 is 0 Å². The molecule has 0 aliphatic carbocycles. The number of rotatable bonds is 6. The molecular formula is C39H43N7O6. The van der Waals surface area contributed by atoms with Gasteiger partial charge in [0.25, 0.3) is 0 Å². The number of imidazole rings is 2. The predicted molar refractivity (Wildman–Crippen MR) is 195 cm³/mol. The van der Waals surface area contributed by atoms with Gasteiger partial charge in [-0.05, 0) is 91.8 Å². The molecule has 0 saturated carbocycles. The number of amides is 3. The van der Waals surface area contributed by atoms with Crippen molar-refractivity contribution >= 4 is 39.9 Å². The summed E-state index contributed by atoms with van der Waals surface area (Å²) < 4.78 is 11.2. The maximum absolute atomic E-state index is 13.9. The van der Waals surface area contributed by atoms with E-state index in [4.69, 9.17) is 14.5 Å². The largest absolute Gasteiger partial charge is 0.488 e. The fraction of sp³-hybridized carbons (Fsp3) is 0.410. The van der Waals surface area contributed by atoms with Crippen molar-refractivity contribution < 1.29 is 29.0 Å².